The topological polar surface area (TPSA) is 190 Å². The molecule has 8 N–H and O–H groups in total. The van der Waals surface area contributed by atoms with E-state index in [1.165, 1.54) is 42.5 Å². The van der Waals surface area contributed by atoms with Crippen LogP contribution in [-0.2, 0) is 14.2 Å². The van der Waals surface area contributed by atoms with Crippen LogP contribution < -0.4 is 0 Å². The molecule has 2 fully saturated rings. The summed E-state index contributed by atoms with van der Waals surface area (Å²) >= 11 is 0. The van der Waals surface area contributed by atoms with E-state index in [9.17, 15) is 40.9 Å². The van der Waals surface area contributed by atoms with Crippen molar-refractivity contribution in [1.82, 2.24) is 0 Å². The Kier molecular flexibility index (Phi) is 12.1. The molecule has 0 aliphatic carbocycles. The Balaban J connectivity index is 3.26. The standard InChI is InChI=1S/C33H50O11/c1-8-15-27(38,16-9-2)32(20-13-6)30(40,18-11-4)29(39,17-10-3)31(41,19-12-5)33(44-32,21-14-7)43-28(23-35)26(37)25(36)24(22-34)42-28/h8-14,24-26,34-41H,1-7,15-23H2/t24-,25-,26+,28?,29+,30+,31-,32-,33-/m1/s1. The van der Waals surface area contributed by atoms with Crippen LogP contribution in [0.5, 0.6) is 0 Å². The highest BCUT2D eigenvalue weighted by Crippen LogP contribution is 2.65. The lowest BCUT2D eigenvalue weighted by Crippen LogP contribution is -2.91. The quantitative estimate of drug-likeness (QED) is 0.0968. The van der Waals surface area contributed by atoms with E-state index >= 15 is 0 Å². The van der Waals surface area contributed by atoms with Crippen molar-refractivity contribution >= 4 is 0 Å². The molecule has 0 aromatic carbocycles. The lowest BCUT2D eigenvalue weighted by atomic mass is 9.50. The van der Waals surface area contributed by atoms with Crippen LogP contribution >= 0.6 is 0 Å². The van der Waals surface area contributed by atoms with Crippen molar-refractivity contribution in [3.63, 3.8) is 0 Å². The maximum Gasteiger partial charge on any atom is 0.224 e. The highest BCUT2D eigenvalue weighted by atomic mass is 16.8. The summed E-state index contributed by atoms with van der Waals surface area (Å²) in [6.07, 6.45) is 1.00. The minimum Gasteiger partial charge on any atom is -0.394 e. The molecule has 44 heavy (non-hydrogen) atoms. The minimum absolute atomic E-state index is 0.240. The molecule has 0 aromatic heterocycles. The molecule has 11 heteroatoms. The van der Waals surface area contributed by atoms with Crippen LogP contribution in [0, 0.1) is 0 Å². The van der Waals surface area contributed by atoms with Gasteiger partial charge in [-0.2, -0.15) is 0 Å². The van der Waals surface area contributed by atoms with Crippen LogP contribution in [0.2, 0.25) is 0 Å². The molecule has 0 spiro atoms. The summed E-state index contributed by atoms with van der Waals surface area (Å²) in [5.74, 6) is -5.22. The van der Waals surface area contributed by atoms with Gasteiger partial charge in [-0.1, -0.05) is 42.5 Å². The third-order valence-corrected chi connectivity index (χ3v) is 9.13. The smallest absolute Gasteiger partial charge is 0.224 e. The van der Waals surface area contributed by atoms with E-state index < -0.39 is 96.8 Å². The summed E-state index contributed by atoms with van der Waals surface area (Å²) in [5, 5.41) is 93.4. The molecule has 2 aliphatic heterocycles. The lowest BCUT2D eigenvalue weighted by Gasteiger charge is -2.72. The van der Waals surface area contributed by atoms with E-state index in [2.05, 4.69) is 46.1 Å². The van der Waals surface area contributed by atoms with Crippen molar-refractivity contribution in [3.8, 4) is 0 Å². The van der Waals surface area contributed by atoms with Crippen LogP contribution in [0.15, 0.2) is 88.6 Å². The zero-order chi connectivity index (χ0) is 33.7. The van der Waals surface area contributed by atoms with Crippen LogP contribution in [0.25, 0.3) is 0 Å². The second-order valence-electron chi connectivity index (χ2n) is 11.6. The number of aliphatic hydroxyl groups is 8. The first-order chi connectivity index (χ1) is 20.6. The average Bonchev–Trinajstić information content (AvgIpc) is 3.21. The molecule has 0 bridgehead atoms. The Bertz CT molecular complexity index is 1080. The molecular formula is C33H50O11. The van der Waals surface area contributed by atoms with Gasteiger partial charge in [0.05, 0.1) is 6.61 Å². The van der Waals surface area contributed by atoms with Crippen molar-refractivity contribution in [2.45, 2.75) is 103 Å². The van der Waals surface area contributed by atoms with Gasteiger partial charge in [-0.25, -0.2) is 0 Å². The normalized spacial score (nSPS) is 40.6. The molecular weight excluding hydrogens is 572 g/mol. The maximum absolute atomic E-state index is 12.9. The number of rotatable bonds is 19. The fourth-order valence-corrected chi connectivity index (χ4v) is 7.12. The molecule has 1 unspecified atom stereocenters. The van der Waals surface area contributed by atoms with Crippen LogP contribution in [-0.4, -0.2) is 112 Å². The highest BCUT2D eigenvalue weighted by molar-refractivity contribution is 5.35. The number of aliphatic hydroxyl groups excluding tert-OH is 4. The van der Waals surface area contributed by atoms with Gasteiger partial charge in [0.1, 0.15) is 47.3 Å². The molecule has 2 aliphatic rings. The third-order valence-electron chi connectivity index (χ3n) is 9.13. The van der Waals surface area contributed by atoms with E-state index in [1.54, 1.807) is 0 Å². The Morgan fingerprint density at radius 1 is 0.682 bits per heavy atom. The predicted molar refractivity (Wildman–Crippen MR) is 165 cm³/mol. The van der Waals surface area contributed by atoms with Crippen molar-refractivity contribution in [2.24, 2.45) is 0 Å². The SMILES string of the molecule is C=CCC(O)(CC=C)[C@@]1(CC=C)O[C@@](CC=C)(OC2(CO)O[C@H](CO)[C@@H](O)[C@@H]2O)[C@@](O)(CC=C)[C@](O)(CC=C)[C@@]1(O)CC=C. The van der Waals surface area contributed by atoms with Crippen LogP contribution in [0.4, 0.5) is 0 Å². The third kappa shape index (κ3) is 5.23. The fraction of sp³-hybridized carbons (Fsp3) is 0.576. The van der Waals surface area contributed by atoms with E-state index in [0.717, 1.165) is 0 Å². The van der Waals surface area contributed by atoms with Crippen LogP contribution in [0.3, 0.4) is 0 Å². The van der Waals surface area contributed by atoms with Crippen molar-refractivity contribution in [3.05, 3.63) is 88.6 Å². The van der Waals surface area contributed by atoms with Gasteiger partial charge >= 0.3 is 0 Å². The molecule has 0 radical (unpaired) electrons. The summed E-state index contributed by atoms with van der Waals surface area (Å²) in [7, 11) is 0. The number of hydrogen-bond donors (Lipinski definition) is 8. The maximum atomic E-state index is 12.9. The molecule has 0 aromatic rings. The molecule has 2 heterocycles. The predicted octanol–water partition coefficient (Wildman–Crippen LogP) is 1.23. The zero-order valence-electron chi connectivity index (χ0n) is 25.4. The molecule has 11 nitrogen and oxygen atoms in total. The molecule has 2 rings (SSSR count). The van der Waals surface area contributed by atoms with Gasteiger partial charge in [0.15, 0.2) is 5.60 Å². The summed E-state index contributed by atoms with van der Waals surface area (Å²) in [6, 6.07) is 0. The van der Waals surface area contributed by atoms with Crippen molar-refractivity contribution in [1.29, 1.82) is 0 Å². The molecule has 0 amide bonds. The lowest BCUT2D eigenvalue weighted by molar-refractivity contribution is -0.517. The largest absolute Gasteiger partial charge is 0.394 e. The Morgan fingerprint density at radius 3 is 1.57 bits per heavy atom. The molecule has 248 valence electrons. The first kappa shape index (κ1) is 37.9. The fourth-order valence-electron chi connectivity index (χ4n) is 7.12. The summed E-state index contributed by atoms with van der Waals surface area (Å²) in [4.78, 5) is 0. The Hall–Kier alpha value is -2.26. The summed E-state index contributed by atoms with van der Waals surface area (Å²) in [6.45, 7) is 24.3. The second-order valence-corrected chi connectivity index (χ2v) is 11.6. The summed E-state index contributed by atoms with van der Waals surface area (Å²) in [5.41, 5.74) is -12.6. The van der Waals surface area contributed by atoms with E-state index in [1.807, 2.05) is 0 Å². The van der Waals surface area contributed by atoms with Gasteiger partial charge in [-0.15, -0.1) is 46.1 Å². The second kappa shape index (κ2) is 14.0. The van der Waals surface area contributed by atoms with Crippen LogP contribution in [0.1, 0.15) is 44.9 Å². The van der Waals surface area contributed by atoms with E-state index in [4.69, 9.17) is 14.2 Å². The zero-order valence-corrected chi connectivity index (χ0v) is 25.4. The Morgan fingerprint density at radius 2 is 1.16 bits per heavy atom. The number of ether oxygens (including phenoxy) is 3. The van der Waals surface area contributed by atoms with Crippen molar-refractivity contribution < 1.29 is 55.1 Å². The van der Waals surface area contributed by atoms with Crippen molar-refractivity contribution in [2.75, 3.05) is 13.2 Å². The first-order valence-electron chi connectivity index (χ1n) is 14.5. The molecule has 9 atom stereocenters. The molecule has 0 saturated carbocycles. The van der Waals surface area contributed by atoms with E-state index in [0.29, 0.717) is 0 Å². The minimum atomic E-state index is -2.75. The monoisotopic (exact) mass is 622 g/mol. The number of hydrogen-bond acceptors (Lipinski definition) is 11. The average molecular weight is 623 g/mol. The van der Waals surface area contributed by atoms with Gasteiger partial charge in [-0.05, 0) is 25.7 Å². The molecule has 2 saturated heterocycles. The Labute approximate surface area is 259 Å². The van der Waals surface area contributed by atoms with Gasteiger partial charge in [-0.3, -0.25) is 0 Å². The van der Waals surface area contributed by atoms with Gasteiger partial charge in [0.25, 0.3) is 0 Å². The van der Waals surface area contributed by atoms with Gasteiger partial charge in [0, 0.05) is 19.3 Å². The van der Waals surface area contributed by atoms with Gasteiger partial charge < -0.3 is 55.1 Å². The van der Waals surface area contributed by atoms with E-state index in [-0.39, 0.29) is 19.3 Å². The first-order valence-corrected chi connectivity index (χ1v) is 14.5. The van der Waals surface area contributed by atoms with Gasteiger partial charge in [0.2, 0.25) is 11.6 Å². The summed E-state index contributed by atoms with van der Waals surface area (Å²) < 4.78 is 18.8. The highest BCUT2D eigenvalue weighted by Gasteiger charge is 2.84.